The molecule has 12 heavy (non-hydrogen) atoms. The maximum absolute atomic E-state index is 11.0. The maximum atomic E-state index is 11.0. The van der Waals surface area contributed by atoms with Gasteiger partial charge >= 0.3 is 5.97 Å². The van der Waals surface area contributed by atoms with Crippen LogP contribution >= 0.6 is 0 Å². The van der Waals surface area contributed by atoms with Gasteiger partial charge < -0.3 is 4.74 Å². The van der Waals surface area contributed by atoms with E-state index < -0.39 is 12.0 Å². The van der Waals surface area contributed by atoms with E-state index in [1.165, 1.54) is 7.11 Å². The number of hydrogen-bond acceptors (Lipinski definition) is 3. The molecule has 0 radical (unpaired) electrons. The molecule has 68 valence electrons. The molecule has 0 aromatic heterocycles. The van der Waals surface area contributed by atoms with Crippen LogP contribution in [-0.4, -0.2) is 24.7 Å². The molecule has 0 aliphatic heterocycles. The van der Waals surface area contributed by atoms with Crippen molar-refractivity contribution >= 4 is 5.97 Å². The summed E-state index contributed by atoms with van der Waals surface area (Å²) < 4.78 is 4.51. The quantitative estimate of drug-likeness (QED) is 0.484. The number of esters is 1. The van der Waals surface area contributed by atoms with Crippen molar-refractivity contribution in [3.63, 3.8) is 0 Å². The van der Waals surface area contributed by atoms with Gasteiger partial charge in [-0.2, -0.15) is 0 Å². The van der Waals surface area contributed by atoms with Crippen LogP contribution in [0.15, 0.2) is 0 Å². The van der Waals surface area contributed by atoms with Crippen LogP contribution in [0.25, 0.3) is 0 Å². The molecular formula is C9H15NO2. The Bertz CT molecular complexity index is 198. The zero-order chi connectivity index (χ0) is 9.78. The van der Waals surface area contributed by atoms with Gasteiger partial charge in [0.2, 0.25) is 0 Å². The molecule has 0 saturated carbocycles. The molecule has 0 unspecified atom stereocenters. The SMILES string of the molecule is C#C[C@H](NC(C)(C)C)C(=O)OC. The van der Waals surface area contributed by atoms with Crippen LogP contribution in [0.3, 0.4) is 0 Å². The summed E-state index contributed by atoms with van der Waals surface area (Å²) in [6.07, 6.45) is 5.14. The van der Waals surface area contributed by atoms with Gasteiger partial charge in [0.05, 0.1) is 7.11 Å². The summed E-state index contributed by atoms with van der Waals surface area (Å²) in [7, 11) is 1.32. The summed E-state index contributed by atoms with van der Waals surface area (Å²) in [6, 6.07) is -0.657. The largest absolute Gasteiger partial charge is 0.467 e. The Morgan fingerprint density at radius 2 is 2.08 bits per heavy atom. The lowest BCUT2D eigenvalue weighted by Crippen LogP contribution is -2.47. The number of terminal acetylenes is 1. The minimum atomic E-state index is -0.657. The van der Waals surface area contributed by atoms with Crippen LogP contribution in [0, 0.1) is 12.3 Å². The molecule has 3 heteroatoms. The van der Waals surface area contributed by atoms with Gasteiger partial charge in [-0.25, -0.2) is 4.79 Å². The first-order valence-corrected chi connectivity index (χ1v) is 3.72. The topological polar surface area (TPSA) is 38.3 Å². The van der Waals surface area contributed by atoms with Gasteiger partial charge in [0.25, 0.3) is 0 Å². The first-order chi connectivity index (χ1) is 5.40. The Morgan fingerprint density at radius 1 is 1.58 bits per heavy atom. The highest BCUT2D eigenvalue weighted by molar-refractivity contribution is 5.79. The van der Waals surface area contributed by atoms with Crippen molar-refractivity contribution in [1.82, 2.24) is 5.32 Å². The molecule has 0 aromatic carbocycles. The molecule has 0 amide bonds. The van der Waals surface area contributed by atoms with Crippen LogP contribution in [0.5, 0.6) is 0 Å². The molecule has 0 spiro atoms. The van der Waals surface area contributed by atoms with Crippen molar-refractivity contribution in [2.75, 3.05) is 7.11 Å². The van der Waals surface area contributed by atoms with Crippen LogP contribution in [0.4, 0.5) is 0 Å². The fraction of sp³-hybridized carbons (Fsp3) is 0.667. The Morgan fingerprint density at radius 3 is 2.33 bits per heavy atom. The summed E-state index contributed by atoms with van der Waals surface area (Å²) in [5.41, 5.74) is -0.189. The van der Waals surface area contributed by atoms with Gasteiger partial charge in [0.1, 0.15) is 0 Å². The molecule has 0 bridgehead atoms. The molecular weight excluding hydrogens is 154 g/mol. The van der Waals surface area contributed by atoms with Gasteiger partial charge in [0.15, 0.2) is 6.04 Å². The van der Waals surface area contributed by atoms with E-state index in [4.69, 9.17) is 6.42 Å². The summed E-state index contributed by atoms with van der Waals surface area (Å²) in [5, 5.41) is 2.95. The van der Waals surface area contributed by atoms with Crippen molar-refractivity contribution < 1.29 is 9.53 Å². The molecule has 0 aromatic rings. The molecule has 3 nitrogen and oxygen atoms in total. The number of carbonyl (C=O) groups excluding carboxylic acids is 1. The van der Waals surface area contributed by atoms with E-state index in [0.29, 0.717) is 0 Å². The molecule has 0 aliphatic rings. The predicted octanol–water partition coefficient (Wildman–Crippen LogP) is 0.549. The zero-order valence-electron chi connectivity index (χ0n) is 7.97. The highest BCUT2D eigenvalue weighted by Crippen LogP contribution is 2.01. The third kappa shape index (κ3) is 3.99. The summed E-state index contributed by atoms with van der Waals surface area (Å²) in [4.78, 5) is 11.0. The van der Waals surface area contributed by atoms with E-state index in [-0.39, 0.29) is 5.54 Å². The fourth-order valence-corrected chi connectivity index (χ4v) is 0.719. The summed E-state index contributed by atoms with van der Waals surface area (Å²) >= 11 is 0. The number of rotatable bonds is 2. The highest BCUT2D eigenvalue weighted by Gasteiger charge is 2.21. The third-order valence-corrected chi connectivity index (χ3v) is 1.18. The smallest absolute Gasteiger partial charge is 0.335 e. The van der Waals surface area contributed by atoms with Crippen molar-refractivity contribution in [2.24, 2.45) is 0 Å². The Hall–Kier alpha value is -1.01. The van der Waals surface area contributed by atoms with Gasteiger partial charge in [-0.1, -0.05) is 5.92 Å². The Kier molecular flexibility index (Phi) is 3.78. The zero-order valence-corrected chi connectivity index (χ0v) is 7.97. The molecule has 0 saturated heterocycles. The number of nitrogens with one attached hydrogen (secondary N) is 1. The highest BCUT2D eigenvalue weighted by atomic mass is 16.5. The Balaban J connectivity index is 4.22. The van der Waals surface area contributed by atoms with Crippen LogP contribution in [0.2, 0.25) is 0 Å². The second-order valence-electron chi connectivity index (χ2n) is 3.52. The molecule has 1 atom stereocenters. The van der Waals surface area contributed by atoms with Gasteiger partial charge in [-0.3, -0.25) is 5.32 Å². The number of carbonyl (C=O) groups is 1. The standard InChI is InChI=1S/C9H15NO2/c1-6-7(8(11)12-5)10-9(2,3)4/h1,7,10H,2-5H3/t7-/m0/s1. The van der Waals surface area contributed by atoms with E-state index in [9.17, 15) is 4.79 Å². The first kappa shape index (κ1) is 11.0. The monoisotopic (exact) mass is 169 g/mol. The molecule has 0 fully saturated rings. The molecule has 1 N–H and O–H groups in total. The second-order valence-corrected chi connectivity index (χ2v) is 3.52. The van der Waals surface area contributed by atoms with E-state index in [2.05, 4.69) is 16.0 Å². The molecule has 0 aliphatic carbocycles. The van der Waals surface area contributed by atoms with Gasteiger partial charge in [-0.15, -0.1) is 6.42 Å². The number of methoxy groups -OCH3 is 1. The van der Waals surface area contributed by atoms with Crippen molar-refractivity contribution in [1.29, 1.82) is 0 Å². The summed E-state index contributed by atoms with van der Waals surface area (Å²) in [5.74, 6) is 1.90. The van der Waals surface area contributed by atoms with Crippen LogP contribution in [-0.2, 0) is 9.53 Å². The van der Waals surface area contributed by atoms with E-state index in [1.54, 1.807) is 0 Å². The van der Waals surface area contributed by atoms with Crippen molar-refractivity contribution in [2.45, 2.75) is 32.4 Å². The lowest BCUT2D eigenvalue weighted by Gasteiger charge is -2.23. The van der Waals surface area contributed by atoms with Crippen molar-refractivity contribution in [3.8, 4) is 12.3 Å². The molecule has 0 heterocycles. The van der Waals surface area contributed by atoms with Gasteiger partial charge in [0, 0.05) is 5.54 Å². The lowest BCUT2D eigenvalue weighted by atomic mass is 10.1. The Labute approximate surface area is 73.5 Å². The lowest BCUT2D eigenvalue weighted by molar-refractivity contribution is -0.141. The average Bonchev–Trinajstić information content (AvgIpc) is 1.97. The van der Waals surface area contributed by atoms with Gasteiger partial charge in [-0.05, 0) is 20.8 Å². The number of hydrogen-bond donors (Lipinski definition) is 1. The summed E-state index contributed by atoms with van der Waals surface area (Å²) in [6.45, 7) is 5.79. The minimum Gasteiger partial charge on any atom is -0.467 e. The number of ether oxygens (including phenoxy) is 1. The van der Waals surface area contributed by atoms with Crippen LogP contribution < -0.4 is 5.32 Å². The normalized spacial score (nSPS) is 13.2. The first-order valence-electron chi connectivity index (χ1n) is 3.72. The molecule has 0 rings (SSSR count). The minimum absolute atomic E-state index is 0.189. The average molecular weight is 169 g/mol. The third-order valence-electron chi connectivity index (χ3n) is 1.18. The fourth-order valence-electron chi connectivity index (χ4n) is 0.719. The van der Waals surface area contributed by atoms with E-state index in [0.717, 1.165) is 0 Å². The van der Waals surface area contributed by atoms with E-state index in [1.807, 2.05) is 20.8 Å². The van der Waals surface area contributed by atoms with Crippen LogP contribution in [0.1, 0.15) is 20.8 Å². The predicted molar refractivity (Wildman–Crippen MR) is 47.5 cm³/mol. The van der Waals surface area contributed by atoms with E-state index >= 15 is 0 Å². The van der Waals surface area contributed by atoms with Crippen molar-refractivity contribution in [3.05, 3.63) is 0 Å². The maximum Gasteiger partial charge on any atom is 0.335 e. The second kappa shape index (κ2) is 4.13.